The van der Waals surface area contributed by atoms with Crippen molar-refractivity contribution < 1.29 is 9.59 Å². The van der Waals surface area contributed by atoms with Crippen molar-refractivity contribution in [3.8, 4) is 0 Å². The lowest BCUT2D eigenvalue weighted by atomic mass is 9.83. The van der Waals surface area contributed by atoms with E-state index in [2.05, 4.69) is 35.1 Å². The molecule has 0 amide bonds. The first-order valence-electron chi connectivity index (χ1n) is 9.85. The van der Waals surface area contributed by atoms with E-state index in [1.165, 1.54) is 0 Å². The third kappa shape index (κ3) is 11.0. The predicted molar refractivity (Wildman–Crippen MR) is 106 cm³/mol. The lowest BCUT2D eigenvalue weighted by Crippen LogP contribution is -2.55. The first-order valence-corrected chi connectivity index (χ1v) is 9.85. The second kappa shape index (κ2) is 11.8. The number of Topliss-reactive ketones (excluding diaryl/α,β-unsaturated/α-hetero) is 2. The van der Waals surface area contributed by atoms with Gasteiger partial charge in [-0.3, -0.25) is 4.79 Å². The molecule has 0 spiro atoms. The Labute approximate surface area is 158 Å². The van der Waals surface area contributed by atoms with Gasteiger partial charge in [-0.25, -0.2) is 0 Å². The molecule has 0 aromatic heterocycles. The van der Waals surface area contributed by atoms with Gasteiger partial charge in [-0.05, 0) is 25.7 Å². The second-order valence-electron chi connectivity index (χ2n) is 8.44. The van der Waals surface area contributed by atoms with E-state index in [1.807, 2.05) is 0 Å². The molecule has 7 heteroatoms. The van der Waals surface area contributed by atoms with Crippen LogP contribution in [-0.4, -0.2) is 69.5 Å². The minimum absolute atomic E-state index is 0.125. The Morgan fingerprint density at radius 1 is 0.846 bits per heavy atom. The molecule has 0 bridgehead atoms. The summed E-state index contributed by atoms with van der Waals surface area (Å²) in [6.07, 6.45) is 2.19. The Morgan fingerprint density at radius 2 is 1.31 bits per heavy atom. The van der Waals surface area contributed by atoms with Crippen LogP contribution >= 0.6 is 0 Å². The quantitative estimate of drug-likeness (QED) is 0.441. The fourth-order valence-electron chi connectivity index (χ4n) is 3.23. The maximum Gasteiger partial charge on any atom is 0.133 e. The van der Waals surface area contributed by atoms with Gasteiger partial charge in [-0.15, -0.1) is 0 Å². The van der Waals surface area contributed by atoms with E-state index in [0.717, 1.165) is 52.4 Å². The second-order valence-corrected chi connectivity index (χ2v) is 8.44. The molecule has 1 fully saturated rings. The molecular formula is C19H39N5O2. The van der Waals surface area contributed by atoms with Crippen LogP contribution in [0.5, 0.6) is 0 Å². The molecular weight excluding hydrogens is 330 g/mol. The van der Waals surface area contributed by atoms with Gasteiger partial charge in [0.05, 0.1) is 0 Å². The van der Waals surface area contributed by atoms with Gasteiger partial charge >= 0.3 is 0 Å². The number of rotatable bonds is 6. The standard InChI is InChI=1S/C19H39N5O2/c1-16(25)5-4-6-17(26)11-18(2)12-21-7-9-23-14-19(3,20)15-24-10-8-22-13-18/h21-24H,4-15,20H2,1-3H3. The average molecular weight is 370 g/mol. The Bertz CT molecular complexity index is 422. The van der Waals surface area contributed by atoms with Crippen LogP contribution in [0.2, 0.25) is 0 Å². The van der Waals surface area contributed by atoms with Gasteiger partial charge in [0.1, 0.15) is 11.6 Å². The van der Waals surface area contributed by atoms with Crippen LogP contribution in [0, 0.1) is 5.41 Å². The van der Waals surface area contributed by atoms with Crippen LogP contribution in [0.25, 0.3) is 0 Å². The fraction of sp³-hybridized carbons (Fsp3) is 0.895. The van der Waals surface area contributed by atoms with Crippen LogP contribution in [0.3, 0.4) is 0 Å². The van der Waals surface area contributed by atoms with E-state index < -0.39 is 0 Å². The molecule has 0 aliphatic carbocycles. The average Bonchev–Trinajstić information content (AvgIpc) is 2.53. The topological polar surface area (TPSA) is 108 Å². The number of carbonyl (C=O) groups is 2. The van der Waals surface area contributed by atoms with Crippen molar-refractivity contribution in [1.29, 1.82) is 0 Å². The van der Waals surface area contributed by atoms with Crippen molar-refractivity contribution in [2.24, 2.45) is 11.1 Å². The highest BCUT2D eigenvalue weighted by atomic mass is 16.1. The molecule has 152 valence electrons. The van der Waals surface area contributed by atoms with E-state index in [4.69, 9.17) is 5.73 Å². The number of hydrogen-bond acceptors (Lipinski definition) is 7. The molecule has 0 saturated carbocycles. The number of carbonyl (C=O) groups excluding carboxylic acids is 2. The van der Waals surface area contributed by atoms with E-state index in [9.17, 15) is 9.59 Å². The van der Waals surface area contributed by atoms with Crippen LogP contribution in [0.1, 0.15) is 46.5 Å². The Morgan fingerprint density at radius 3 is 1.77 bits per heavy atom. The summed E-state index contributed by atoms with van der Waals surface area (Å²) in [6.45, 7) is 12.3. The van der Waals surface area contributed by atoms with Crippen molar-refractivity contribution in [2.75, 3.05) is 52.4 Å². The lowest BCUT2D eigenvalue weighted by molar-refractivity contribution is -0.121. The maximum atomic E-state index is 12.3. The minimum Gasteiger partial charge on any atom is -0.323 e. The molecule has 1 aliphatic heterocycles. The van der Waals surface area contributed by atoms with Crippen LogP contribution in [-0.2, 0) is 9.59 Å². The number of nitrogens with one attached hydrogen (secondary N) is 4. The Balaban J connectivity index is 2.49. The number of hydrogen-bond donors (Lipinski definition) is 5. The SMILES string of the molecule is CC(=O)CCCC(=O)CC1(C)CNCCNCC(C)(N)CNCCNC1. The third-order valence-corrected chi connectivity index (χ3v) is 4.73. The van der Waals surface area contributed by atoms with Crippen molar-refractivity contribution in [2.45, 2.75) is 52.0 Å². The predicted octanol–water partition coefficient (Wildman–Crippen LogP) is -0.199. The third-order valence-electron chi connectivity index (χ3n) is 4.73. The van der Waals surface area contributed by atoms with Crippen molar-refractivity contribution in [3.05, 3.63) is 0 Å². The number of nitrogens with two attached hydrogens (primary N) is 1. The van der Waals surface area contributed by atoms with Crippen LogP contribution < -0.4 is 27.0 Å². The molecule has 0 radical (unpaired) electrons. The summed E-state index contributed by atoms with van der Waals surface area (Å²) in [6, 6.07) is 0. The maximum absolute atomic E-state index is 12.3. The molecule has 1 rings (SSSR count). The Hall–Kier alpha value is -0.860. The molecule has 6 N–H and O–H groups in total. The molecule has 1 aliphatic rings. The molecule has 7 nitrogen and oxygen atoms in total. The smallest absolute Gasteiger partial charge is 0.133 e. The molecule has 0 aromatic rings. The molecule has 0 aromatic carbocycles. The van der Waals surface area contributed by atoms with Gasteiger partial charge in [-0.2, -0.15) is 0 Å². The summed E-state index contributed by atoms with van der Waals surface area (Å²) in [7, 11) is 0. The first kappa shape index (κ1) is 23.2. The fourth-order valence-corrected chi connectivity index (χ4v) is 3.23. The highest BCUT2D eigenvalue weighted by Crippen LogP contribution is 2.21. The summed E-state index contributed by atoms with van der Waals surface area (Å²) in [5, 5.41) is 13.7. The normalized spacial score (nSPS) is 29.7. The molecule has 0 atom stereocenters. The lowest BCUT2D eigenvalue weighted by Gasteiger charge is -2.31. The van der Waals surface area contributed by atoms with E-state index in [0.29, 0.717) is 25.7 Å². The van der Waals surface area contributed by atoms with E-state index in [1.54, 1.807) is 6.92 Å². The van der Waals surface area contributed by atoms with Gasteiger partial charge in [0.2, 0.25) is 0 Å². The van der Waals surface area contributed by atoms with Crippen molar-refractivity contribution in [3.63, 3.8) is 0 Å². The summed E-state index contributed by atoms with van der Waals surface area (Å²) in [5.41, 5.74) is 5.88. The Kier molecular flexibility index (Phi) is 10.5. The van der Waals surface area contributed by atoms with E-state index in [-0.39, 0.29) is 22.5 Å². The zero-order valence-corrected chi connectivity index (χ0v) is 16.9. The summed E-state index contributed by atoms with van der Waals surface area (Å²) in [4.78, 5) is 23.4. The number of ketones is 2. The van der Waals surface area contributed by atoms with Gasteiger partial charge < -0.3 is 31.8 Å². The highest BCUT2D eigenvalue weighted by Gasteiger charge is 2.27. The first-order chi connectivity index (χ1) is 12.2. The molecule has 26 heavy (non-hydrogen) atoms. The molecule has 1 saturated heterocycles. The summed E-state index contributed by atoms with van der Waals surface area (Å²) < 4.78 is 0. The molecule has 0 unspecified atom stereocenters. The monoisotopic (exact) mass is 369 g/mol. The highest BCUT2D eigenvalue weighted by molar-refractivity contribution is 5.80. The van der Waals surface area contributed by atoms with Gasteiger partial charge in [0.15, 0.2) is 0 Å². The summed E-state index contributed by atoms with van der Waals surface area (Å²) in [5.74, 6) is 0.396. The minimum atomic E-state index is -0.259. The van der Waals surface area contributed by atoms with Crippen LogP contribution in [0.15, 0.2) is 0 Å². The zero-order valence-electron chi connectivity index (χ0n) is 16.9. The largest absolute Gasteiger partial charge is 0.323 e. The summed E-state index contributed by atoms with van der Waals surface area (Å²) >= 11 is 0. The van der Waals surface area contributed by atoms with E-state index >= 15 is 0 Å². The van der Waals surface area contributed by atoms with Gasteiger partial charge in [0, 0.05) is 77.2 Å². The van der Waals surface area contributed by atoms with Crippen molar-refractivity contribution in [1.82, 2.24) is 21.3 Å². The van der Waals surface area contributed by atoms with Gasteiger partial charge in [0.25, 0.3) is 0 Å². The van der Waals surface area contributed by atoms with Crippen LogP contribution in [0.4, 0.5) is 0 Å². The van der Waals surface area contributed by atoms with Gasteiger partial charge in [-0.1, -0.05) is 6.92 Å². The van der Waals surface area contributed by atoms with Crippen molar-refractivity contribution >= 4 is 11.6 Å². The zero-order chi connectivity index (χ0) is 19.5. The molecule has 1 heterocycles.